The summed E-state index contributed by atoms with van der Waals surface area (Å²) in [4.78, 5) is 12.5. The number of rotatable bonds is 6. The Bertz CT molecular complexity index is 951. The second-order valence-electron chi connectivity index (χ2n) is 6.58. The van der Waals surface area contributed by atoms with Crippen molar-refractivity contribution in [3.8, 4) is 5.69 Å². The fourth-order valence-electron chi connectivity index (χ4n) is 2.90. The van der Waals surface area contributed by atoms with Crippen LogP contribution in [0.4, 0.5) is 5.82 Å². The highest BCUT2D eigenvalue weighted by molar-refractivity contribution is 6.30. The van der Waals surface area contributed by atoms with Gasteiger partial charge in [0.05, 0.1) is 17.9 Å². The average molecular weight is 383 g/mol. The van der Waals surface area contributed by atoms with Crippen LogP contribution in [0.5, 0.6) is 0 Å². The van der Waals surface area contributed by atoms with Gasteiger partial charge >= 0.3 is 0 Å². The highest BCUT2D eigenvalue weighted by Crippen LogP contribution is 2.20. The zero-order chi connectivity index (χ0) is 19.4. The van der Waals surface area contributed by atoms with Gasteiger partial charge in [-0.3, -0.25) is 4.79 Å². The fraction of sp³-hybridized carbons (Fsp3) is 0.238. The standard InChI is InChI=1S/C21H23ClN4O/c1-14-7-4-5-10-19(14)26-20(11-15(2)25-26)24-21(27)13-23-16(3)17-8-6-9-18(22)12-17/h4-12,16,23H,13H2,1-3H3,(H,24,27). The lowest BCUT2D eigenvalue weighted by molar-refractivity contribution is -0.115. The van der Waals surface area contributed by atoms with Crippen molar-refractivity contribution in [2.24, 2.45) is 0 Å². The van der Waals surface area contributed by atoms with E-state index in [2.05, 4.69) is 15.7 Å². The molecule has 3 aromatic rings. The molecule has 5 nitrogen and oxygen atoms in total. The van der Waals surface area contributed by atoms with Crippen LogP contribution in [0, 0.1) is 13.8 Å². The van der Waals surface area contributed by atoms with E-state index in [1.54, 1.807) is 4.68 Å². The minimum atomic E-state index is -0.126. The number of aromatic nitrogens is 2. The summed E-state index contributed by atoms with van der Waals surface area (Å²) in [6.45, 7) is 6.11. The van der Waals surface area contributed by atoms with Crippen LogP contribution in [0.3, 0.4) is 0 Å². The lowest BCUT2D eigenvalue weighted by atomic mass is 10.1. The van der Waals surface area contributed by atoms with Gasteiger partial charge in [-0.25, -0.2) is 4.68 Å². The maximum Gasteiger partial charge on any atom is 0.239 e. The van der Waals surface area contributed by atoms with E-state index >= 15 is 0 Å². The summed E-state index contributed by atoms with van der Waals surface area (Å²) in [6.07, 6.45) is 0. The Morgan fingerprint density at radius 3 is 2.67 bits per heavy atom. The normalized spacial score (nSPS) is 12.0. The number of hydrogen-bond acceptors (Lipinski definition) is 3. The highest BCUT2D eigenvalue weighted by atomic mass is 35.5. The molecular weight excluding hydrogens is 360 g/mol. The molecule has 2 aromatic carbocycles. The second kappa shape index (κ2) is 8.37. The van der Waals surface area contributed by atoms with Gasteiger partial charge in [0.1, 0.15) is 5.82 Å². The molecule has 3 rings (SSSR count). The maximum atomic E-state index is 12.5. The highest BCUT2D eigenvalue weighted by Gasteiger charge is 2.13. The summed E-state index contributed by atoms with van der Waals surface area (Å²) in [7, 11) is 0. The summed E-state index contributed by atoms with van der Waals surface area (Å²) in [5, 5.41) is 11.4. The number of aryl methyl sites for hydroxylation is 2. The first-order chi connectivity index (χ1) is 12.9. The zero-order valence-electron chi connectivity index (χ0n) is 15.7. The number of nitrogens with zero attached hydrogens (tertiary/aromatic N) is 2. The minimum Gasteiger partial charge on any atom is -0.309 e. The molecule has 2 N–H and O–H groups in total. The molecule has 1 unspecified atom stereocenters. The van der Waals surface area contributed by atoms with Crippen molar-refractivity contribution in [2.45, 2.75) is 26.8 Å². The SMILES string of the molecule is Cc1cc(NC(=O)CNC(C)c2cccc(Cl)c2)n(-c2ccccc2C)n1. The third-order valence-electron chi connectivity index (χ3n) is 4.36. The summed E-state index contributed by atoms with van der Waals surface area (Å²) < 4.78 is 1.77. The van der Waals surface area contributed by atoms with Crippen molar-refractivity contribution in [1.29, 1.82) is 0 Å². The molecule has 1 amide bonds. The van der Waals surface area contributed by atoms with Crippen molar-refractivity contribution in [1.82, 2.24) is 15.1 Å². The molecule has 1 atom stereocenters. The monoisotopic (exact) mass is 382 g/mol. The van der Waals surface area contributed by atoms with Crippen molar-refractivity contribution in [3.63, 3.8) is 0 Å². The molecule has 6 heteroatoms. The molecule has 0 spiro atoms. The summed E-state index contributed by atoms with van der Waals surface area (Å²) >= 11 is 6.03. The van der Waals surface area contributed by atoms with Gasteiger partial charge in [-0.1, -0.05) is 41.9 Å². The number of carbonyl (C=O) groups is 1. The average Bonchev–Trinajstić information content (AvgIpc) is 3.00. The van der Waals surface area contributed by atoms with E-state index < -0.39 is 0 Å². The van der Waals surface area contributed by atoms with Crippen LogP contribution in [0.15, 0.2) is 54.6 Å². The van der Waals surface area contributed by atoms with Crippen molar-refractivity contribution >= 4 is 23.3 Å². The van der Waals surface area contributed by atoms with E-state index in [0.717, 1.165) is 22.5 Å². The van der Waals surface area contributed by atoms with Crippen LogP contribution in [0.1, 0.15) is 29.8 Å². The van der Waals surface area contributed by atoms with Crippen molar-refractivity contribution in [3.05, 3.63) is 76.4 Å². The van der Waals surface area contributed by atoms with Crippen LogP contribution in [-0.4, -0.2) is 22.2 Å². The summed E-state index contributed by atoms with van der Waals surface area (Å²) in [6, 6.07) is 17.4. The molecule has 0 fully saturated rings. The molecule has 0 aliphatic carbocycles. The Morgan fingerprint density at radius 1 is 1.15 bits per heavy atom. The van der Waals surface area contributed by atoms with E-state index in [1.807, 2.05) is 75.4 Å². The van der Waals surface area contributed by atoms with Crippen molar-refractivity contribution < 1.29 is 4.79 Å². The largest absolute Gasteiger partial charge is 0.309 e. The quantitative estimate of drug-likeness (QED) is 0.663. The Hall–Kier alpha value is -2.63. The molecule has 1 aromatic heterocycles. The molecular formula is C21H23ClN4O. The van der Waals surface area contributed by atoms with Gasteiger partial charge in [-0.2, -0.15) is 5.10 Å². The van der Waals surface area contributed by atoms with Gasteiger partial charge in [0.2, 0.25) is 5.91 Å². The van der Waals surface area contributed by atoms with Gasteiger partial charge in [0, 0.05) is 17.1 Å². The number of carbonyl (C=O) groups excluding carboxylic acids is 1. The van der Waals surface area contributed by atoms with Crippen LogP contribution in [-0.2, 0) is 4.79 Å². The second-order valence-corrected chi connectivity index (χ2v) is 7.01. The number of hydrogen-bond donors (Lipinski definition) is 2. The van der Waals surface area contributed by atoms with Gasteiger partial charge < -0.3 is 10.6 Å². The number of amides is 1. The van der Waals surface area contributed by atoms with Crippen molar-refractivity contribution in [2.75, 3.05) is 11.9 Å². The summed E-state index contributed by atoms with van der Waals surface area (Å²) in [5.41, 5.74) is 3.91. The Kier molecular flexibility index (Phi) is 5.94. The molecule has 0 saturated heterocycles. The molecule has 1 heterocycles. The summed E-state index contributed by atoms with van der Waals surface area (Å²) in [5.74, 6) is 0.530. The fourth-order valence-corrected chi connectivity index (χ4v) is 3.10. The predicted octanol–water partition coefficient (Wildman–Crippen LogP) is 4.43. The molecule has 27 heavy (non-hydrogen) atoms. The topological polar surface area (TPSA) is 59.0 Å². The van der Waals surface area contributed by atoms with E-state index in [0.29, 0.717) is 10.8 Å². The van der Waals surface area contributed by atoms with E-state index in [1.165, 1.54) is 0 Å². The number of halogens is 1. The first-order valence-corrected chi connectivity index (χ1v) is 9.23. The Labute approximate surface area is 164 Å². The van der Waals surface area contributed by atoms with E-state index in [9.17, 15) is 4.79 Å². The predicted molar refractivity (Wildman–Crippen MR) is 110 cm³/mol. The number of nitrogens with one attached hydrogen (secondary N) is 2. The number of para-hydroxylation sites is 1. The van der Waals surface area contributed by atoms with Gasteiger partial charge in [-0.15, -0.1) is 0 Å². The molecule has 140 valence electrons. The van der Waals surface area contributed by atoms with Gasteiger partial charge in [-0.05, 0) is 50.1 Å². The third kappa shape index (κ3) is 4.76. The number of benzene rings is 2. The number of anilines is 1. The van der Waals surface area contributed by atoms with Crippen LogP contribution < -0.4 is 10.6 Å². The zero-order valence-corrected chi connectivity index (χ0v) is 16.4. The first-order valence-electron chi connectivity index (χ1n) is 8.85. The molecule has 0 radical (unpaired) electrons. The van der Waals surface area contributed by atoms with E-state index in [-0.39, 0.29) is 18.5 Å². The first kappa shape index (κ1) is 19.1. The molecule has 0 aliphatic heterocycles. The third-order valence-corrected chi connectivity index (χ3v) is 4.60. The molecule has 0 aliphatic rings. The van der Waals surface area contributed by atoms with Crippen LogP contribution >= 0.6 is 11.6 Å². The van der Waals surface area contributed by atoms with E-state index in [4.69, 9.17) is 11.6 Å². The maximum absolute atomic E-state index is 12.5. The van der Waals surface area contributed by atoms with Crippen LogP contribution in [0.25, 0.3) is 5.69 Å². The Morgan fingerprint density at radius 2 is 1.93 bits per heavy atom. The Balaban J connectivity index is 1.67. The van der Waals surface area contributed by atoms with Gasteiger partial charge in [0.25, 0.3) is 0 Å². The smallest absolute Gasteiger partial charge is 0.239 e. The molecule has 0 saturated carbocycles. The minimum absolute atomic E-state index is 0.0115. The molecule has 0 bridgehead atoms. The van der Waals surface area contributed by atoms with Gasteiger partial charge in [0.15, 0.2) is 0 Å². The van der Waals surface area contributed by atoms with Crippen LogP contribution in [0.2, 0.25) is 5.02 Å². The lowest BCUT2D eigenvalue weighted by Crippen LogP contribution is -2.30. The lowest BCUT2D eigenvalue weighted by Gasteiger charge is -2.15.